The van der Waals surface area contributed by atoms with E-state index in [0.717, 1.165) is 0 Å². The van der Waals surface area contributed by atoms with Crippen molar-refractivity contribution in [2.75, 3.05) is 0 Å². The summed E-state index contributed by atoms with van der Waals surface area (Å²) in [4.78, 5) is 13.6. The summed E-state index contributed by atoms with van der Waals surface area (Å²) in [5.74, 6) is -0.0859. The monoisotopic (exact) mass is 251 g/mol. The Kier molecular flexibility index (Phi) is 3.36. The van der Waals surface area contributed by atoms with Crippen molar-refractivity contribution in [3.05, 3.63) is 59.3 Å². The zero-order valence-corrected chi connectivity index (χ0v) is 10.0. The van der Waals surface area contributed by atoms with Gasteiger partial charge in [-0.1, -0.05) is 23.8 Å². The highest BCUT2D eigenvalue weighted by Gasteiger charge is 2.19. The lowest BCUT2D eigenvalue weighted by molar-refractivity contribution is 0.0823. The molecular formula is C12H10ClNOS. The molecule has 0 fully saturated rings. The van der Waals surface area contributed by atoms with Crippen LogP contribution in [0.15, 0.2) is 48.7 Å². The molecule has 16 heavy (non-hydrogen) atoms. The van der Waals surface area contributed by atoms with Gasteiger partial charge in [0.2, 0.25) is 0 Å². The second kappa shape index (κ2) is 4.76. The highest BCUT2D eigenvalue weighted by atomic mass is 35.5. The molecule has 1 aliphatic rings. The molecule has 1 unspecified atom stereocenters. The second-order valence-corrected chi connectivity index (χ2v) is 4.32. The van der Waals surface area contributed by atoms with Gasteiger partial charge in [0.25, 0.3) is 5.91 Å². The molecule has 1 aromatic rings. The van der Waals surface area contributed by atoms with E-state index in [2.05, 4.69) is 12.6 Å². The second-order valence-electron chi connectivity index (χ2n) is 3.36. The third kappa shape index (κ3) is 2.31. The fraction of sp³-hybridized carbons (Fsp3) is 0.0833. The molecule has 1 aromatic carbocycles. The van der Waals surface area contributed by atoms with Crippen molar-refractivity contribution >= 4 is 30.1 Å². The number of thiol groups is 1. The smallest absolute Gasteiger partial charge is 0.259 e. The highest BCUT2D eigenvalue weighted by molar-refractivity contribution is 7.81. The number of amides is 1. The molecule has 0 saturated heterocycles. The molecule has 1 aliphatic heterocycles. The van der Waals surface area contributed by atoms with Gasteiger partial charge in [0, 0.05) is 16.8 Å². The van der Waals surface area contributed by atoms with Gasteiger partial charge in [-0.3, -0.25) is 9.69 Å². The Hall–Kier alpha value is -1.19. The Balaban J connectivity index is 2.22. The predicted octanol–water partition coefficient (Wildman–Crippen LogP) is 3.12. The first-order chi connectivity index (χ1) is 7.68. The minimum atomic E-state index is -0.215. The van der Waals surface area contributed by atoms with Crippen molar-refractivity contribution in [2.45, 2.75) is 5.37 Å². The van der Waals surface area contributed by atoms with Gasteiger partial charge < -0.3 is 0 Å². The highest BCUT2D eigenvalue weighted by Crippen LogP contribution is 2.17. The number of hydrogen-bond acceptors (Lipinski definition) is 2. The molecule has 0 aromatic heterocycles. The van der Waals surface area contributed by atoms with Crippen LogP contribution >= 0.6 is 24.2 Å². The van der Waals surface area contributed by atoms with E-state index in [-0.39, 0.29) is 11.3 Å². The molecule has 1 atom stereocenters. The Morgan fingerprint density at radius 1 is 1.25 bits per heavy atom. The zero-order chi connectivity index (χ0) is 11.5. The van der Waals surface area contributed by atoms with E-state index in [0.29, 0.717) is 10.6 Å². The molecule has 0 aliphatic carbocycles. The minimum Gasteiger partial charge on any atom is -0.299 e. The van der Waals surface area contributed by atoms with Gasteiger partial charge in [0.1, 0.15) is 0 Å². The van der Waals surface area contributed by atoms with Crippen LogP contribution in [-0.2, 0) is 0 Å². The first kappa shape index (κ1) is 11.3. The third-order valence-corrected chi connectivity index (χ3v) is 2.92. The van der Waals surface area contributed by atoms with Crippen molar-refractivity contribution in [1.82, 2.24) is 4.90 Å². The number of halogens is 1. The standard InChI is InChI=1S/C12H10ClNOS/c13-10-6-4-9(5-7-10)12(15)14-8-2-1-3-11(14)16/h1-8,11,16H. The van der Waals surface area contributed by atoms with Crippen molar-refractivity contribution in [3.63, 3.8) is 0 Å². The molecule has 0 radical (unpaired) electrons. The van der Waals surface area contributed by atoms with Gasteiger partial charge in [0.05, 0.1) is 5.37 Å². The molecule has 1 amide bonds. The Bertz CT molecular complexity index is 453. The predicted molar refractivity (Wildman–Crippen MR) is 68.7 cm³/mol. The molecular weight excluding hydrogens is 242 g/mol. The summed E-state index contributed by atoms with van der Waals surface area (Å²) in [5.41, 5.74) is 0.600. The van der Waals surface area contributed by atoms with E-state index in [1.54, 1.807) is 41.4 Å². The number of benzene rings is 1. The maximum Gasteiger partial charge on any atom is 0.259 e. The number of rotatable bonds is 1. The van der Waals surface area contributed by atoms with Crippen LogP contribution < -0.4 is 0 Å². The molecule has 0 bridgehead atoms. The van der Waals surface area contributed by atoms with Crippen molar-refractivity contribution in [3.8, 4) is 0 Å². The number of carbonyl (C=O) groups is 1. The molecule has 2 rings (SSSR count). The molecule has 82 valence electrons. The average molecular weight is 252 g/mol. The number of hydrogen-bond donors (Lipinski definition) is 1. The van der Waals surface area contributed by atoms with Crippen LogP contribution in [0.3, 0.4) is 0 Å². The summed E-state index contributed by atoms with van der Waals surface area (Å²) >= 11 is 10.1. The molecule has 4 heteroatoms. The molecule has 0 N–H and O–H groups in total. The first-order valence-corrected chi connectivity index (χ1v) is 5.69. The fourth-order valence-corrected chi connectivity index (χ4v) is 1.82. The van der Waals surface area contributed by atoms with Gasteiger partial charge in [0.15, 0.2) is 0 Å². The van der Waals surface area contributed by atoms with Crippen LogP contribution in [0.4, 0.5) is 0 Å². The van der Waals surface area contributed by atoms with E-state index in [4.69, 9.17) is 11.6 Å². The lowest BCUT2D eigenvalue weighted by Crippen LogP contribution is -2.32. The van der Waals surface area contributed by atoms with Crippen LogP contribution in [0.1, 0.15) is 10.4 Å². The van der Waals surface area contributed by atoms with Gasteiger partial charge in [-0.2, -0.15) is 0 Å². The quantitative estimate of drug-likeness (QED) is 0.761. The number of nitrogens with zero attached hydrogens (tertiary/aromatic N) is 1. The van der Waals surface area contributed by atoms with Crippen molar-refractivity contribution < 1.29 is 4.79 Å². The van der Waals surface area contributed by atoms with Crippen LogP contribution in [0, 0.1) is 0 Å². The molecule has 0 saturated carbocycles. The summed E-state index contributed by atoms with van der Waals surface area (Å²) in [6, 6.07) is 6.81. The SMILES string of the molecule is O=C(c1ccc(Cl)cc1)N1C=CC=CC1S. The van der Waals surface area contributed by atoms with Crippen molar-refractivity contribution in [1.29, 1.82) is 0 Å². The van der Waals surface area contributed by atoms with Gasteiger partial charge >= 0.3 is 0 Å². The van der Waals surface area contributed by atoms with Crippen molar-refractivity contribution in [2.24, 2.45) is 0 Å². The first-order valence-electron chi connectivity index (χ1n) is 4.80. The molecule has 0 spiro atoms. The topological polar surface area (TPSA) is 20.3 Å². The van der Waals surface area contributed by atoms with E-state index in [1.165, 1.54) is 0 Å². The fourth-order valence-electron chi connectivity index (χ4n) is 1.42. The Labute approximate surface area is 105 Å². The lowest BCUT2D eigenvalue weighted by Gasteiger charge is -2.24. The summed E-state index contributed by atoms with van der Waals surface area (Å²) < 4.78 is 0. The summed E-state index contributed by atoms with van der Waals surface area (Å²) in [6.45, 7) is 0. The summed E-state index contributed by atoms with van der Waals surface area (Å²) in [7, 11) is 0. The minimum absolute atomic E-state index is 0.0859. The van der Waals surface area contributed by atoms with E-state index in [9.17, 15) is 4.79 Å². The molecule has 2 nitrogen and oxygen atoms in total. The van der Waals surface area contributed by atoms with Gasteiger partial charge in [-0.15, -0.1) is 12.6 Å². The van der Waals surface area contributed by atoms with Crippen LogP contribution in [-0.4, -0.2) is 16.2 Å². The largest absolute Gasteiger partial charge is 0.299 e. The maximum absolute atomic E-state index is 12.1. The number of carbonyl (C=O) groups excluding carboxylic acids is 1. The maximum atomic E-state index is 12.1. The van der Waals surface area contributed by atoms with E-state index >= 15 is 0 Å². The third-order valence-electron chi connectivity index (χ3n) is 2.25. The van der Waals surface area contributed by atoms with Crippen LogP contribution in [0.5, 0.6) is 0 Å². The summed E-state index contributed by atoms with van der Waals surface area (Å²) in [6.07, 6.45) is 7.23. The summed E-state index contributed by atoms with van der Waals surface area (Å²) in [5, 5.41) is 0.404. The van der Waals surface area contributed by atoms with Gasteiger partial charge in [-0.05, 0) is 30.3 Å². The van der Waals surface area contributed by atoms with Crippen LogP contribution in [0.25, 0.3) is 0 Å². The number of allylic oxidation sites excluding steroid dienone is 2. The van der Waals surface area contributed by atoms with E-state index in [1.807, 2.05) is 12.2 Å². The Morgan fingerprint density at radius 3 is 2.56 bits per heavy atom. The normalized spacial score (nSPS) is 18.9. The Morgan fingerprint density at radius 2 is 1.94 bits per heavy atom. The molecule has 1 heterocycles. The van der Waals surface area contributed by atoms with Crippen LogP contribution in [0.2, 0.25) is 5.02 Å². The lowest BCUT2D eigenvalue weighted by atomic mass is 10.2. The van der Waals surface area contributed by atoms with Gasteiger partial charge in [-0.25, -0.2) is 0 Å². The zero-order valence-electron chi connectivity index (χ0n) is 8.38. The average Bonchev–Trinajstić information content (AvgIpc) is 2.30. The van der Waals surface area contributed by atoms with E-state index < -0.39 is 0 Å².